The summed E-state index contributed by atoms with van der Waals surface area (Å²) >= 11 is 0. The van der Waals surface area contributed by atoms with Gasteiger partial charge in [-0.2, -0.15) is 0 Å². The zero-order chi connectivity index (χ0) is 18.8. The highest BCUT2D eigenvalue weighted by Gasteiger charge is 2.05. The third kappa shape index (κ3) is 6.80. The summed E-state index contributed by atoms with van der Waals surface area (Å²) in [4.78, 5) is 23.4. The Bertz CT molecular complexity index is 718. The molecule has 0 aliphatic rings. The summed E-state index contributed by atoms with van der Waals surface area (Å²) in [5, 5.41) is 7.82. The van der Waals surface area contributed by atoms with E-state index in [1.165, 1.54) is 12.1 Å². The maximum absolute atomic E-state index is 12.8. The molecule has 2 aromatic rings. The van der Waals surface area contributed by atoms with Gasteiger partial charge in [0.15, 0.2) is 0 Å². The topological polar surface area (TPSA) is 79.5 Å². The maximum atomic E-state index is 12.8. The molecular formula is C19H22FN3O3. The highest BCUT2D eigenvalue weighted by atomic mass is 19.1. The molecule has 7 heteroatoms. The quantitative estimate of drug-likeness (QED) is 0.674. The van der Waals surface area contributed by atoms with Gasteiger partial charge in [-0.25, -0.2) is 9.18 Å². The lowest BCUT2D eigenvalue weighted by atomic mass is 10.1. The van der Waals surface area contributed by atoms with Crippen LogP contribution < -0.4 is 20.7 Å². The number of nitrogens with one attached hydrogen (secondary N) is 3. The van der Waals surface area contributed by atoms with Gasteiger partial charge in [0.1, 0.15) is 11.6 Å². The number of methoxy groups -OCH3 is 1. The number of ether oxygens (including phenoxy) is 1. The Morgan fingerprint density at radius 2 is 1.58 bits per heavy atom. The summed E-state index contributed by atoms with van der Waals surface area (Å²) < 4.78 is 17.9. The second-order valence-corrected chi connectivity index (χ2v) is 5.61. The van der Waals surface area contributed by atoms with Crippen LogP contribution in [0.1, 0.15) is 11.1 Å². The van der Waals surface area contributed by atoms with Crippen molar-refractivity contribution in [3.63, 3.8) is 0 Å². The number of halogens is 1. The van der Waals surface area contributed by atoms with Crippen molar-refractivity contribution in [3.8, 4) is 5.75 Å². The summed E-state index contributed by atoms with van der Waals surface area (Å²) in [6.07, 6.45) is 0.687. The Labute approximate surface area is 151 Å². The second-order valence-electron chi connectivity index (χ2n) is 5.61. The number of urea groups is 1. The molecule has 0 bridgehead atoms. The Kier molecular flexibility index (Phi) is 7.42. The number of rotatable bonds is 8. The number of carbonyl (C=O) groups excluding carboxylic acids is 2. The van der Waals surface area contributed by atoms with Gasteiger partial charge < -0.3 is 20.7 Å². The van der Waals surface area contributed by atoms with E-state index in [-0.39, 0.29) is 24.8 Å². The molecule has 0 aromatic heterocycles. The predicted molar refractivity (Wildman–Crippen MR) is 96.3 cm³/mol. The molecule has 2 rings (SSSR count). The zero-order valence-corrected chi connectivity index (χ0v) is 14.5. The van der Waals surface area contributed by atoms with E-state index in [1.807, 2.05) is 24.3 Å². The van der Waals surface area contributed by atoms with Crippen molar-refractivity contribution in [1.29, 1.82) is 0 Å². The molecule has 3 N–H and O–H groups in total. The number of amides is 3. The monoisotopic (exact) mass is 359 g/mol. The van der Waals surface area contributed by atoms with Crippen molar-refractivity contribution in [1.82, 2.24) is 16.0 Å². The fourth-order valence-corrected chi connectivity index (χ4v) is 2.21. The minimum absolute atomic E-state index is 0.113. The van der Waals surface area contributed by atoms with Crippen LogP contribution in [0.15, 0.2) is 48.5 Å². The van der Waals surface area contributed by atoms with Crippen LogP contribution in [0.3, 0.4) is 0 Å². The molecule has 0 spiro atoms. The Morgan fingerprint density at radius 1 is 0.923 bits per heavy atom. The van der Waals surface area contributed by atoms with Gasteiger partial charge in [0, 0.05) is 13.1 Å². The molecule has 0 saturated carbocycles. The Morgan fingerprint density at radius 3 is 2.23 bits per heavy atom. The normalized spacial score (nSPS) is 10.1. The minimum atomic E-state index is -0.459. The van der Waals surface area contributed by atoms with Crippen molar-refractivity contribution in [3.05, 3.63) is 65.5 Å². The minimum Gasteiger partial charge on any atom is -0.497 e. The molecule has 0 atom stereocenters. The predicted octanol–water partition coefficient (Wildman–Crippen LogP) is 1.99. The fraction of sp³-hybridized carbons (Fsp3) is 0.263. The van der Waals surface area contributed by atoms with Gasteiger partial charge in [-0.1, -0.05) is 24.3 Å². The first-order valence-electron chi connectivity index (χ1n) is 8.22. The summed E-state index contributed by atoms with van der Waals surface area (Å²) in [6, 6.07) is 13.0. The lowest BCUT2D eigenvalue weighted by molar-refractivity contribution is -0.120. The summed E-state index contributed by atoms with van der Waals surface area (Å²) in [7, 11) is 1.61. The van der Waals surface area contributed by atoms with Gasteiger partial charge in [0.25, 0.3) is 0 Å². The molecule has 26 heavy (non-hydrogen) atoms. The molecule has 3 amide bonds. The first-order valence-corrected chi connectivity index (χ1v) is 8.22. The van der Waals surface area contributed by atoms with Crippen molar-refractivity contribution < 1.29 is 18.7 Å². The Hall–Kier alpha value is -3.09. The van der Waals surface area contributed by atoms with Gasteiger partial charge in [-0.05, 0) is 41.8 Å². The third-order valence-corrected chi connectivity index (χ3v) is 3.67. The number of hydrogen-bond acceptors (Lipinski definition) is 3. The number of hydrogen-bond donors (Lipinski definition) is 3. The van der Waals surface area contributed by atoms with Crippen LogP contribution >= 0.6 is 0 Å². The summed E-state index contributed by atoms with van der Waals surface area (Å²) in [6.45, 7) is 0.618. The van der Waals surface area contributed by atoms with Crippen LogP contribution in [-0.2, 0) is 17.8 Å². The molecule has 138 valence electrons. The van der Waals surface area contributed by atoms with E-state index in [0.29, 0.717) is 13.0 Å². The molecular weight excluding hydrogens is 337 g/mol. The van der Waals surface area contributed by atoms with Gasteiger partial charge in [0.2, 0.25) is 5.91 Å². The van der Waals surface area contributed by atoms with Crippen molar-refractivity contribution in [2.75, 3.05) is 20.2 Å². The molecule has 0 saturated heterocycles. The third-order valence-electron chi connectivity index (χ3n) is 3.67. The van der Waals surface area contributed by atoms with E-state index in [9.17, 15) is 14.0 Å². The van der Waals surface area contributed by atoms with Crippen LogP contribution in [0.4, 0.5) is 9.18 Å². The van der Waals surface area contributed by atoms with E-state index in [1.54, 1.807) is 19.2 Å². The van der Waals surface area contributed by atoms with E-state index in [4.69, 9.17) is 4.74 Å². The van der Waals surface area contributed by atoms with E-state index < -0.39 is 6.03 Å². The molecule has 0 radical (unpaired) electrons. The molecule has 0 heterocycles. The average molecular weight is 359 g/mol. The van der Waals surface area contributed by atoms with Crippen LogP contribution in [0.25, 0.3) is 0 Å². The van der Waals surface area contributed by atoms with Crippen molar-refractivity contribution in [2.24, 2.45) is 0 Å². The van der Waals surface area contributed by atoms with Gasteiger partial charge in [-0.15, -0.1) is 0 Å². The van der Waals surface area contributed by atoms with Crippen LogP contribution in [0.5, 0.6) is 5.75 Å². The molecule has 0 unspecified atom stereocenters. The zero-order valence-electron chi connectivity index (χ0n) is 14.5. The smallest absolute Gasteiger partial charge is 0.315 e. The largest absolute Gasteiger partial charge is 0.497 e. The summed E-state index contributed by atoms with van der Waals surface area (Å²) in [5.74, 6) is 0.189. The number of carbonyl (C=O) groups is 2. The summed E-state index contributed by atoms with van der Waals surface area (Å²) in [5.41, 5.74) is 1.85. The maximum Gasteiger partial charge on any atom is 0.315 e. The molecule has 0 aliphatic carbocycles. The van der Waals surface area contributed by atoms with Crippen molar-refractivity contribution >= 4 is 11.9 Å². The highest BCUT2D eigenvalue weighted by Crippen LogP contribution is 2.11. The molecule has 0 aliphatic heterocycles. The molecule has 0 fully saturated rings. The van der Waals surface area contributed by atoms with Crippen LogP contribution in [0.2, 0.25) is 0 Å². The highest BCUT2D eigenvalue weighted by molar-refractivity contribution is 5.83. The van der Waals surface area contributed by atoms with Crippen LogP contribution in [-0.4, -0.2) is 32.1 Å². The van der Waals surface area contributed by atoms with Gasteiger partial charge in [0.05, 0.1) is 13.7 Å². The molecule has 6 nitrogen and oxygen atoms in total. The lowest BCUT2D eigenvalue weighted by Crippen LogP contribution is -2.42. The Balaban J connectivity index is 1.60. The first kappa shape index (κ1) is 19.2. The number of benzene rings is 2. The average Bonchev–Trinajstić information content (AvgIpc) is 2.66. The SMILES string of the molecule is COc1ccc(CCNC(=O)CNC(=O)NCc2ccc(F)cc2)cc1. The fourth-order valence-electron chi connectivity index (χ4n) is 2.21. The van der Waals surface area contributed by atoms with E-state index in [2.05, 4.69) is 16.0 Å². The van der Waals surface area contributed by atoms with Gasteiger partial charge >= 0.3 is 6.03 Å². The van der Waals surface area contributed by atoms with Crippen LogP contribution in [0, 0.1) is 5.82 Å². The molecule has 2 aromatic carbocycles. The lowest BCUT2D eigenvalue weighted by Gasteiger charge is -2.09. The second kappa shape index (κ2) is 10.0. The van der Waals surface area contributed by atoms with E-state index in [0.717, 1.165) is 16.9 Å². The first-order chi connectivity index (χ1) is 12.6. The van der Waals surface area contributed by atoms with Gasteiger partial charge in [-0.3, -0.25) is 4.79 Å². The van der Waals surface area contributed by atoms with Crippen molar-refractivity contribution in [2.45, 2.75) is 13.0 Å². The standard InChI is InChI=1S/C19H22FN3O3/c1-26-17-8-4-14(5-9-17)10-11-21-18(24)13-23-19(25)22-12-15-2-6-16(20)7-3-15/h2-9H,10-13H2,1H3,(H,21,24)(H2,22,23,25). The van der Waals surface area contributed by atoms with E-state index >= 15 is 0 Å².